The van der Waals surface area contributed by atoms with Gasteiger partial charge in [-0.3, -0.25) is 0 Å². The van der Waals surface area contributed by atoms with Crippen LogP contribution in [0.25, 0.3) is 0 Å². The number of hydrogen-bond donors (Lipinski definition) is 1. The van der Waals surface area contributed by atoms with E-state index in [1.165, 1.54) is 6.92 Å². The number of rotatable bonds is 0. The zero-order chi connectivity index (χ0) is 10.9. The molecule has 76 valence electrons. The predicted octanol–water partition coefficient (Wildman–Crippen LogP) is 2.64. The fourth-order valence-electron chi connectivity index (χ4n) is 1.06. The van der Waals surface area contributed by atoms with Crippen molar-refractivity contribution < 1.29 is 13.2 Å². The number of nitrogens with one attached hydrogen (secondary N) is 1. The highest BCUT2D eigenvalue weighted by Gasteiger charge is 2.37. The molecule has 1 rings (SSSR count). The average Bonchev–Trinajstić information content (AvgIpc) is 2.01. The van der Waals surface area contributed by atoms with Crippen LogP contribution in [0.5, 0.6) is 0 Å². The van der Waals surface area contributed by atoms with Crippen molar-refractivity contribution in [1.82, 2.24) is 5.32 Å². The molecule has 0 fully saturated rings. The number of alkyl halides is 4. The predicted molar refractivity (Wildman–Crippen MR) is 53.4 cm³/mol. The fraction of sp³-hybridized carbons (Fsp3) is 0.375. The standard InChI is InChI=1S/C8H6F3IN2/c1-4-5(3-13)6(12)2-7(14-4)8(9,10)11/h2,6,14H,1H3. The topological polar surface area (TPSA) is 35.8 Å². The van der Waals surface area contributed by atoms with Gasteiger partial charge in [-0.25, -0.2) is 0 Å². The van der Waals surface area contributed by atoms with Crippen molar-refractivity contribution in [2.24, 2.45) is 0 Å². The van der Waals surface area contributed by atoms with Gasteiger partial charge in [-0.05, 0) is 13.0 Å². The minimum atomic E-state index is -4.38. The molecule has 0 aliphatic carbocycles. The SMILES string of the molecule is CC1=C(C#N)C(I)C=C(C(F)(F)F)N1. The molecule has 1 unspecified atom stereocenters. The smallest absolute Gasteiger partial charge is 0.354 e. The van der Waals surface area contributed by atoms with E-state index >= 15 is 0 Å². The molecule has 2 nitrogen and oxygen atoms in total. The summed E-state index contributed by atoms with van der Waals surface area (Å²) in [6.45, 7) is 1.46. The highest BCUT2D eigenvalue weighted by molar-refractivity contribution is 14.1. The van der Waals surface area contributed by atoms with Crippen LogP contribution >= 0.6 is 22.6 Å². The molecule has 0 amide bonds. The van der Waals surface area contributed by atoms with Crippen LogP contribution in [-0.2, 0) is 0 Å². The summed E-state index contributed by atoms with van der Waals surface area (Å²) in [5.41, 5.74) is -0.200. The van der Waals surface area contributed by atoms with Gasteiger partial charge >= 0.3 is 6.18 Å². The highest BCUT2D eigenvalue weighted by atomic mass is 127. The van der Waals surface area contributed by atoms with E-state index in [9.17, 15) is 13.2 Å². The molecule has 0 saturated carbocycles. The second-order valence-electron chi connectivity index (χ2n) is 2.76. The van der Waals surface area contributed by atoms with E-state index in [1.54, 1.807) is 22.6 Å². The first kappa shape index (κ1) is 11.4. The van der Waals surface area contributed by atoms with Gasteiger partial charge in [0.05, 0.1) is 15.6 Å². The van der Waals surface area contributed by atoms with Crippen LogP contribution in [0, 0.1) is 11.3 Å². The van der Waals surface area contributed by atoms with Crippen LogP contribution in [0.4, 0.5) is 13.2 Å². The molecule has 0 bridgehead atoms. The summed E-state index contributed by atoms with van der Waals surface area (Å²) < 4.78 is 36.3. The Morgan fingerprint density at radius 1 is 1.57 bits per heavy atom. The largest absolute Gasteiger partial charge is 0.430 e. The van der Waals surface area contributed by atoms with E-state index < -0.39 is 15.8 Å². The molecule has 1 aliphatic heterocycles. The Kier molecular flexibility index (Phi) is 3.09. The van der Waals surface area contributed by atoms with Gasteiger partial charge in [0, 0.05) is 5.70 Å². The number of allylic oxidation sites excluding steroid dienone is 4. The van der Waals surface area contributed by atoms with E-state index in [2.05, 4.69) is 5.32 Å². The molecule has 6 heteroatoms. The van der Waals surface area contributed by atoms with Crippen molar-refractivity contribution in [3.05, 3.63) is 23.0 Å². The van der Waals surface area contributed by atoms with Crippen LogP contribution in [-0.4, -0.2) is 10.1 Å². The molecular weight excluding hydrogens is 308 g/mol. The third-order valence-electron chi connectivity index (χ3n) is 1.74. The molecule has 1 aliphatic rings. The first-order chi connectivity index (χ1) is 6.36. The summed E-state index contributed by atoms with van der Waals surface area (Å²) in [5, 5.41) is 10.8. The van der Waals surface area contributed by atoms with E-state index in [-0.39, 0.29) is 5.70 Å². The first-order valence-corrected chi connectivity index (χ1v) is 4.92. The van der Waals surface area contributed by atoms with Crippen LogP contribution < -0.4 is 5.32 Å². The van der Waals surface area contributed by atoms with E-state index in [4.69, 9.17) is 5.26 Å². The monoisotopic (exact) mass is 314 g/mol. The van der Waals surface area contributed by atoms with Crippen molar-refractivity contribution in [1.29, 1.82) is 5.26 Å². The van der Waals surface area contributed by atoms with Gasteiger partial charge in [-0.15, -0.1) is 0 Å². The van der Waals surface area contributed by atoms with Gasteiger partial charge < -0.3 is 5.32 Å². The van der Waals surface area contributed by atoms with E-state index in [0.717, 1.165) is 6.08 Å². The third kappa shape index (κ3) is 2.20. The van der Waals surface area contributed by atoms with E-state index in [1.807, 2.05) is 6.07 Å². The van der Waals surface area contributed by atoms with Gasteiger partial charge in [0.15, 0.2) is 0 Å². The summed E-state index contributed by atoms with van der Waals surface area (Å²) in [7, 11) is 0. The number of nitriles is 1. The van der Waals surface area contributed by atoms with Crippen molar-refractivity contribution >= 4 is 22.6 Å². The summed E-state index contributed by atoms with van der Waals surface area (Å²) >= 11 is 1.79. The lowest BCUT2D eigenvalue weighted by Crippen LogP contribution is -2.30. The molecule has 0 radical (unpaired) electrons. The average molecular weight is 314 g/mol. The van der Waals surface area contributed by atoms with Crippen molar-refractivity contribution in [2.45, 2.75) is 17.0 Å². The zero-order valence-corrected chi connectivity index (χ0v) is 9.27. The minimum absolute atomic E-state index is 0.265. The van der Waals surface area contributed by atoms with Gasteiger partial charge in [-0.2, -0.15) is 18.4 Å². The van der Waals surface area contributed by atoms with Gasteiger partial charge in [0.1, 0.15) is 5.70 Å². The summed E-state index contributed by atoms with van der Waals surface area (Å²) in [4.78, 5) is 0. The lowest BCUT2D eigenvalue weighted by Gasteiger charge is -2.22. The number of nitrogens with zero attached hydrogens (tertiary/aromatic N) is 1. The van der Waals surface area contributed by atoms with Crippen molar-refractivity contribution in [3.63, 3.8) is 0 Å². The lowest BCUT2D eigenvalue weighted by molar-refractivity contribution is -0.0962. The Morgan fingerprint density at radius 2 is 2.14 bits per heavy atom. The molecule has 1 atom stereocenters. The molecule has 0 aromatic heterocycles. The maximum absolute atomic E-state index is 12.3. The molecule has 0 aromatic rings. The maximum atomic E-state index is 12.3. The maximum Gasteiger partial charge on any atom is 0.430 e. The summed E-state index contributed by atoms with van der Waals surface area (Å²) in [5.74, 6) is 0. The van der Waals surface area contributed by atoms with Crippen LogP contribution in [0.2, 0.25) is 0 Å². The normalized spacial score (nSPS) is 22.6. The summed E-state index contributed by atoms with van der Waals surface area (Å²) in [6.07, 6.45) is -3.38. The molecule has 1 heterocycles. The Morgan fingerprint density at radius 3 is 2.50 bits per heavy atom. The molecule has 0 spiro atoms. The quantitative estimate of drug-likeness (QED) is 0.551. The molecule has 14 heavy (non-hydrogen) atoms. The van der Waals surface area contributed by atoms with Gasteiger partial charge in [-0.1, -0.05) is 22.6 Å². The zero-order valence-electron chi connectivity index (χ0n) is 7.11. The Labute approximate surface area is 92.6 Å². The lowest BCUT2D eigenvalue weighted by atomic mass is 10.1. The van der Waals surface area contributed by atoms with Crippen molar-refractivity contribution in [3.8, 4) is 6.07 Å². The third-order valence-corrected chi connectivity index (χ3v) is 2.72. The van der Waals surface area contributed by atoms with Gasteiger partial charge in [0.25, 0.3) is 0 Å². The van der Waals surface area contributed by atoms with Crippen molar-refractivity contribution in [2.75, 3.05) is 0 Å². The number of dihydropyridines is 1. The second-order valence-corrected chi connectivity index (χ2v) is 4.10. The first-order valence-electron chi connectivity index (χ1n) is 3.67. The molecular formula is C8H6F3IN2. The second kappa shape index (κ2) is 3.81. The fourth-order valence-corrected chi connectivity index (χ4v) is 2.02. The highest BCUT2D eigenvalue weighted by Crippen LogP contribution is 2.31. The van der Waals surface area contributed by atoms with Crippen LogP contribution in [0.15, 0.2) is 23.0 Å². The Bertz CT molecular complexity index is 349. The number of hydrogen-bond acceptors (Lipinski definition) is 2. The van der Waals surface area contributed by atoms with E-state index in [0.29, 0.717) is 5.57 Å². The Hall–Kier alpha value is -0.710. The summed E-state index contributed by atoms with van der Waals surface area (Å²) in [6, 6.07) is 1.87. The minimum Gasteiger partial charge on any atom is -0.354 e. The Balaban J connectivity index is 3.00. The molecule has 1 N–H and O–H groups in total. The number of halogens is 4. The van der Waals surface area contributed by atoms with Crippen LogP contribution in [0.1, 0.15) is 6.92 Å². The molecule has 0 aromatic carbocycles. The molecule has 0 saturated heterocycles. The van der Waals surface area contributed by atoms with Crippen LogP contribution in [0.3, 0.4) is 0 Å². The van der Waals surface area contributed by atoms with Gasteiger partial charge in [0.2, 0.25) is 0 Å².